The van der Waals surface area contributed by atoms with Gasteiger partial charge < -0.3 is 8.98 Å². The zero-order valence-corrected chi connectivity index (χ0v) is 12.8. The largest absolute Gasteiger partial charge is 0.453 e. The van der Waals surface area contributed by atoms with E-state index < -0.39 is 0 Å². The van der Waals surface area contributed by atoms with Crippen molar-refractivity contribution in [2.24, 2.45) is 5.92 Å². The summed E-state index contributed by atoms with van der Waals surface area (Å²) in [5, 5.41) is 0.667. The molecule has 1 atom stereocenters. The third-order valence-corrected chi connectivity index (χ3v) is 3.72. The summed E-state index contributed by atoms with van der Waals surface area (Å²) in [6.45, 7) is 2.46. The van der Waals surface area contributed by atoms with Crippen LogP contribution in [-0.2, 0) is 6.54 Å². The van der Waals surface area contributed by atoms with Crippen molar-refractivity contribution >= 4 is 17.4 Å². The Kier molecular flexibility index (Phi) is 4.11. The predicted molar refractivity (Wildman–Crippen MR) is 84.9 cm³/mol. The topological polar surface area (TPSA) is 48.0 Å². The quantitative estimate of drug-likeness (QED) is 0.659. The van der Waals surface area contributed by atoms with Crippen LogP contribution in [0.2, 0.25) is 5.02 Å². The number of rotatable bonds is 5. The Morgan fingerprint density at radius 1 is 1.27 bits per heavy atom. The van der Waals surface area contributed by atoms with Crippen LogP contribution in [0.25, 0.3) is 11.3 Å². The molecule has 0 aliphatic carbocycles. The lowest BCUT2D eigenvalue weighted by atomic mass is 10.0. The minimum absolute atomic E-state index is 0.0195. The molecule has 5 heteroatoms. The molecule has 4 nitrogen and oxygen atoms in total. The third-order valence-electron chi connectivity index (χ3n) is 3.47. The molecule has 0 N–H and O–H groups in total. The fourth-order valence-corrected chi connectivity index (χ4v) is 2.40. The third kappa shape index (κ3) is 3.12. The van der Waals surface area contributed by atoms with E-state index in [-0.39, 0.29) is 11.7 Å². The molecule has 0 fully saturated rings. The van der Waals surface area contributed by atoms with Crippen LogP contribution in [0, 0.1) is 5.92 Å². The molecule has 0 saturated carbocycles. The van der Waals surface area contributed by atoms with Gasteiger partial charge in [0, 0.05) is 35.4 Å². The second kappa shape index (κ2) is 6.20. The molecular formula is C17H15ClN2O2. The highest BCUT2D eigenvalue weighted by atomic mass is 35.5. The summed E-state index contributed by atoms with van der Waals surface area (Å²) in [5.74, 6) is 0.833. The van der Waals surface area contributed by atoms with Gasteiger partial charge in [0.25, 0.3) is 0 Å². The second-order valence-electron chi connectivity index (χ2n) is 5.20. The van der Waals surface area contributed by atoms with E-state index in [1.54, 1.807) is 36.8 Å². The monoisotopic (exact) mass is 314 g/mol. The Hall–Kier alpha value is -2.33. The van der Waals surface area contributed by atoms with Gasteiger partial charge in [-0.3, -0.25) is 4.79 Å². The maximum absolute atomic E-state index is 12.4. The molecule has 112 valence electrons. The highest BCUT2D eigenvalue weighted by Gasteiger charge is 2.19. The average molecular weight is 315 g/mol. The van der Waals surface area contributed by atoms with Gasteiger partial charge in [-0.05, 0) is 36.4 Å². The normalized spacial score (nSPS) is 12.3. The molecule has 22 heavy (non-hydrogen) atoms. The highest BCUT2D eigenvalue weighted by molar-refractivity contribution is 6.30. The molecular weight excluding hydrogens is 300 g/mol. The van der Waals surface area contributed by atoms with Gasteiger partial charge in [-0.25, -0.2) is 4.98 Å². The van der Waals surface area contributed by atoms with Crippen molar-refractivity contribution in [2.45, 2.75) is 13.5 Å². The van der Waals surface area contributed by atoms with Gasteiger partial charge in [0.1, 0.15) is 5.76 Å². The van der Waals surface area contributed by atoms with Crippen LogP contribution in [-0.4, -0.2) is 15.3 Å². The Morgan fingerprint density at radius 3 is 2.73 bits per heavy atom. The lowest BCUT2D eigenvalue weighted by Crippen LogP contribution is -2.16. The first-order valence-corrected chi connectivity index (χ1v) is 7.37. The number of aromatic nitrogens is 2. The molecule has 0 aliphatic heterocycles. The Morgan fingerprint density at radius 2 is 2.05 bits per heavy atom. The van der Waals surface area contributed by atoms with E-state index in [0.29, 0.717) is 23.1 Å². The number of halogens is 1. The molecule has 2 heterocycles. The van der Waals surface area contributed by atoms with E-state index in [0.717, 1.165) is 5.56 Å². The van der Waals surface area contributed by atoms with E-state index in [9.17, 15) is 4.79 Å². The lowest BCUT2D eigenvalue weighted by Gasteiger charge is -2.09. The number of furan rings is 1. The number of carbonyl (C=O) groups is 1. The molecule has 1 unspecified atom stereocenters. The molecule has 1 aromatic carbocycles. The number of imidazole rings is 1. The maximum Gasteiger partial charge on any atom is 0.202 e. The van der Waals surface area contributed by atoms with Crippen molar-refractivity contribution in [1.82, 2.24) is 9.55 Å². The van der Waals surface area contributed by atoms with E-state index >= 15 is 0 Å². The minimum Gasteiger partial charge on any atom is -0.453 e. The van der Waals surface area contributed by atoms with Gasteiger partial charge in [0.2, 0.25) is 5.78 Å². The van der Waals surface area contributed by atoms with Crippen LogP contribution in [0.15, 0.2) is 59.5 Å². The van der Waals surface area contributed by atoms with Crippen LogP contribution in [0.5, 0.6) is 0 Å². The first-order valence-electron chi connectivity index (χ1n) is 6.99. The zero-order valence-electron chi connectivity index (χ0n) is 12.1. The number of hydrogen-bond donors (Lipinski definition) is 0. The molecule has 0 bridgehead atoms. The van der Waals surface area contributed by atoms with E-state index in [2.05, 4.69) is 4.98 Å². The van der Waals surface area contributed by atoms with Crippen molar-refractivity contribution in [1.29, 1.82) is 0 Å². The molecule has 3 aromatic rings. The van der Waals surface area contributed by atoms with Crippen LogP contribution < -0.4 is 0 Å². The van der Waals surface area contributed by atoms with Crippen LogP contribution in [0.4, 0.5) is 0 Å². The van der Waals surface area contributed by atoms with Crippen molar-refractivity contribution in [3.8, 4) is 11.3 Å². The van der Waals surface area contributed by atoms with Gasteiger partial charge in [-0.15, -0.1) is 0 Å². The molecule has 0 aliphatic rings. The number of ketones is 1. The van der Waals surface area contributed by atoms with E-state index in [4.69, 9.17) is 16.0 Å². The summed E-state index contributed by atoms with van der Waals surface area (Å²) >= 11 is 5.87. The summed E-state index contributed by atoms with van der Waals surface area (Å²) in [6, 6.07) is 10.8. The SMILES string of the molecule is CC(Cn1ccnc1)C(=O)c1ccc(-c2ccc(Cl)cc2)o1. The summed E-state index contributed by atoms with van der Waals surface area (Å²) in [4.78, 5) is 16.4. The maximum atomic E-state index is 12.4. The fourth-order valence-electron chi connectivity index (χ4n) is 2.28. The van der Waals surface area contributed by atoms with Gasteiger partial charge in [0.15, 0.2) is 5.76 Å². The molecule has 0 saturated heterocycles. The minimum atomic E-state index is -0.182. The van der Waals surface area contributed by atoms with Crippen molar-refractivity contribution in [3.05, 3.63) is 65.9 Å². The number of hydrogen-bond acceptors (Lipinski definition) is 3. The second-order valence-corrected chi connectivity index (χ2v) is 5.63. The number of Topliss-reactive ketones (excluding diaryl/α,β-unsaturated/α-hetero) is 1. The van der Waals surface area contributed by atoms with Crippen molar-refractivity contribution < 1.29 is 9.21 Å². The summed E-state index contributed by atoms with van der Waals surface area (Å²) < 4.78 is 7.57. The summed E-state index contributed by atoms with van der Waals surface area (Å²) in [5.41, 5.74) is 0.894. The Balaban J connectivity index is 1.75. The molecule has 3 rings (SSSR count). The van der Waals surface area contributed by atoms with Gasteiger partial charge in [-0.2, -0.15) is 0 Å². The Bertz CT molecular complexity index is 760. The molecule has 2 aromatic heterocycles. The lowest BCUT2D eigenvalue weighted by molar-refractivity contribution is 0.0891. The smallest absolute Gasteiger partial charge is 0.202 e. The fraction of sp³-hybridized carbons (Fsp3) is 0.176. The first-order chi connectivity index (χ1) is 10.6. The highest BCUT2D eigenvalue weighted by Crippen LogP contribution is 2.25. The van der Waals surface area contributed by atoms with E-state index in [1.165, 1.54) is 0 Å². The Labute approximate surface area is 133 Å². The van der Waals surface area contributed by atoms with Crippen LogP contribution in [0.3, 0.4) is 0 Å². The standard InChI is InChI=1S/C17H15ClN2O2/c1-12(10-20-9-8-19-11-20)17(21)16-7-6-15(22-16)13-2-4-14(18)5-3-13/h2-9,11-12H,10H2,1H3. The van der Waals surface area contributed by atoms with Crippen LogP contribution in [0.1, 0.15) is 17.5 Å². The van der Waals surface area contributed by atoms with Crippen molar-refractivity contribution in [3.63, 3.8) is 0 Å². The molecule has 0 amide bonds. The predicted octanol–water partition coefficient (Wildman–Crippen LogP) is 4.32. The first kappa shape index (κ1) is 14.6. The van der Waals surface area contributed by atoms with E-state index in [1.807, 2.05) is 29.8 Å². The van der Waals surface area contributed by atoms with Gasteiger partial charge in [0.05, 0.1) is 6.33 Å². The average Bonchev–Trinajstić information content (AvgIpc) is 3.18. The number of benzene rings is 1. The van der Waals surface area contributed by atoms with Gasteiger partial charge >= 0.3 is 0 Å². The number of nitrogens with zero attached hydrogens (tertiary/aromatic N) is 2. The summed E-state index contributed by atoms with van der Waals surface area (Å²) in [6.07, 6.45) is 5.23. The molecule has 0 radical (unpaired) electrons. The van der Waals surface area contributed by atoms with Gasteiger partial charge in [-0.1, -0.05) is 18.5 Å². The number of carbonyl (C=O) groups excluding carboxylic acids is 1. The summed E-state index contributed by atoms with van der Waals surface area (Å²) in [7, 11) is 0. The van der Waals surface area contributed by atoms with Crippen LogP contribution >= 0.6 is 11.6 Å². The molecule has 0 spiro atoms. The zero-order chi connectivity index (χ0) is 15.5. The van der Waals surface area contributed by atoms with Crippen molar-refractivity contribution in [2.75, 3.05) is 0 Å².